The van der Waals surface area contributed by atoms with Crippen LogP contribution in [0.25, 0.3) is 143 Å². The number of benzene rings is 18. The van der Waals surface area contributed by atoms with Crippen LogP contribution in [0.2, 0.25) is 0 Å². The Labute approximate surface area is 643 Å². The molecule has 110 heavy (non-hydrogen) atoms. The van der Waals surface area contributed by atoms with Crippen LogP contribution in [0.1, 0.15) is 99.9 Å². The fourth-order valence-electron chi connectivity index (χ4n) is 20.3. The molecule has 0 aliphatic heterocycles. The van der Waals surface area contributed by atoms with Gasteiger partial charge in [-0.2, -0.15) is 0 Å². The first-order valence-corrected chi connectivity index (χ1v) is 39.1. The highest BCUT2D eigenvalue weighted by atomic mass is 15.1. The van der Waals surface area contributed by atoms with E-state index >= 15 is 0 Å². The van der Waals surface area contributed by atoms with Crippen LogP contribution in [0.4, 0.5) is 34.1 Å². The monoisotopic (exact) mass is 1400 g/mol. The minimum absolute atomic E-state index is 0.0793. The van der Waals surface area contributed by atoms with Crippen molar-refractivity contribution in [3.8, 4) is 77.9 Å². The van der Waals surface area contributed by atoms with Gasteiger partial charge in [-0.3, -0.25) is 0 Å². The quantitative estimate of drug-likeness (QED) is 0.133. The third-order valence-corrected chi connectivity index (χ3v) is 26.2. The second kappa shape index (κ2) is 23.3. The molecule has 0 saturated heterocycles. The summed E-state index contributed by atoms with van der Waals surface area (Å²) in [6.45, 7) is 19.1. The normalized spacial score (nSPS) is 14.7. The molecule has 0 fully saturated rings. The maximum absolute atomic E-state index is 2.49. The molecule has 18 aromatic rings. The van der Waals surface area contributed by atoms with Crippen molar-refractivity contribution in [2.75, 3.05) is 9.80 Å². The number of rotatable bonds is 9. The van der Waals surface area contributed by atoms with Crippen molar-refractivity contribution in [2.45, 2.75) is 77.0 Å². The molecule has 0 heterocycles. The first kappa shape index (κ1) is 64.3. The van der Waals surface area contributed by atoms with Gasteiger partial charge in [0.15, 0.2) is 0 Å². The maximum atomic E-state index is 2.49. The van der Waals surface area contributed by atoms with Gasteiger partial charge in [0.1, 0.15) is 0 Å². The summed E-state index contributed by atoms with van der Waals surface area (Å²) >= 11 is 0. The summed E-state index contributed by atoms with van der Waals surface area (Å²) in [5, 5.41) is 15.2. The van der Waals surface area contributed by atoms with Gasteiger partial charge in [-0.05, 0) is 284 Å². The molecule has 2 heteroatoms. The number of hydrogen-bond acceptors (Lipinski definition) is 2. The molecule has 0 N–H and O–H groups in total. The van der Waals surface area contributed by atoms with Crippen molar-refractivity contribution in [1.82, 2.24) is 0 Å². The Kier molecular flexibility index (Phi) is 13.6. The lowest BCUT2D eigenvalue weighted by Gasteiger charge is -2.30. The van der Waals surface area contributed by atoms with Gasteiger partial charge in [-0.1, -0.05) is 298 Å². The molecule has 0 atom stereocenters. The van der Waals surface area contributed by atoms with E-state index in [2.05, 4.69) is 405 Å². The molecule has 0 unspecified atom stereocenters. The van der Waals surface area contributed by atoms with Crippen LogP contribution in [-0.4, -0.2) is 0 Å². The van der Waals surface area contributed by atoms with Gasteiger partial charge in [0.25, 0.3) is 0 Å². The number of anilines is 6. The lowest BCUT2D eigenvalue weighted by Crippen LogP contribution is -2.18. The Bertz CT molecular complexity index is 7020. The van der Waals surface area contributed by atoms with Crippen LogP contribution in [0.5, 0.6) is 0 Å². The average Bonchev–Trinajstić information content (AvgIpc) is 1.54. The molecule has 4 aliphatic rings. The zero-order valence-electron chi connectivity index (χ0n) is 63.2. The van der Waals surface area contributed by atoms with Gasteiger partial charge in [0.2, 0.25) is 0 Å². The van der Waals surface area contributed by atoms with E-state index in [0.717, 1.165) is 34.1 Å². The molecule has 0 spiro atoms. The summed E-state index contributed by atoms with van der Waals surface area (Å²) in [4.78, 5) is 4.96. The van der Waals surface area contributed by atoms with Crippen molar-refractivity contribution in [3.05, 3.63) is 384 Å². The van der Waals surface area contributed by atoms with E-state index in [1.165, 1.54) is 187 Å². The van der Waals surface area contributed by atoms with Crippen LogP contribution < -0.4 is 9.80 Å². The molecule has 2 nitrogen and oxygen atoms in total. The highest BCUT2D eigenvalue weighted by Crippen LogP contribution is 2.57. The fourth-order valence-corrected chi connectivity index (χ4v) is 20.3. The van der Waals surface area contributed by atoms with Crippen molar-refractivity contribution in [2.24, 2.45) is 0 Å². The summed E-state index contributed by atoms with van der Waals surface area (Å²) < 4.78 is 0. The third kappa shape index (κ3) is 9.42. The van der Waals surface area contributed by atoms with E-state index in [4.69, 9.17) is 0 Å². The Morgan fingerprint density at radius 3 is 0.936 bits per heavy atom. The third-order valence-electron chi connectivity index (χ3n) is 26.2. The van der Waals surface area contributed by atoms with Gasteiger partial charge in [0, 0.05) is 55.8 Å². The maximum Gasteiger partial charge on any atom is 0.0468 e. The van der Waals surface area contributed by atoms with Crippen LogP contribution in [-0.2, 0) is 21.7 Å². The van der Waals surface area contributed by atoms with Crippen molar-refractivity contribution in [3.63, 3.8) is 0 Å². The molecule has 0 radical (unpaired) electrons. The Balaban J connectivity index is 0.582. The Morgan fingerprint density at radius 2 is 0.436 bits per heavy atom. The molecule has 522 valence electrons. The van der Waals surface area contributed by atoms with Crippen molar-refractivity contribution in [1.29, 1.82) is 0 Å². The summed E-state index contributed by atoms with van der Waals surface area (Å²) in [5.41, 5.74) is 34.9. The van der Waals surface area contributed by atoms with Crippen molar-refractivity contribution >= 4 is 98.8 Å². The number of hydrogen-bond donors (Lipinski definition) is 0. The first-order valence-electron chi connectivity index (χ1n) is 39.1. The molecule has 0 bridgehead atoms. The van der Waals surface area contributed by atoms with E-state index in [0.29, 0.717) is 0 Å². The molecular weight excluding hydrogens is 1330 g/mol. The van der Waals surface area contributed by atoms with Gasteiger partial charge < -0.3 is 9.80 Å². The van der Waals surface area contributed by atoms with Crippen LogP contribution >= 0.6 is 0 Å². The van der Waals surface area contributed by atoms with Gasteiger partial charge >= 0.3 is 0 Å². The summed E-state index contributed by atoms with van der Waals surface area (Å²) in [5.74, 6) is 0. The lowest BCUT2D eigenvalue weighted by atomic mass is 9.81. The van der Waals surface area contributed by atoms with Crippen molar-refractivity contribution < 1.29 is 0 Å². The fraction of sp³-hybridized carbons (Fsp3) is 0.111. The van der Waals surface area contributed by atoms with Crippen LogP contribution in [0, 0.1) is 0 Å². The Hall–Kier alpha value is -12.9. The summed E-state index contributed by atoms with van der Waals surface area (Å²) in [6, 6.07) is 130. The SMILES string of the molecule is CC1(C)c2ccccc2-c2cc(N(c3ccc(-c4ccc5c(ccc6c7cc(-c8ccc9c(c8)-c8ccc(N(c%10ccc(-c%11ccc%12c(ccc%13c%14ccccc%14ccc%12%13)c%11)cc%10)c%10ccc%11c(c%10)C(C)(C)c%10ccccc%10-%11)cc8C9(C)C)ccc7ccc56)c4)cc3)c3ccc4c(c3)C(C)(C)c3ccccc3-4)ccc21. The first-order chi connectivity index (χ1) is 53.5. The molecule has 0 saturated carbocycles. The molecule has 22 rings (SSSR count). The largest absolute Gasteiger partial charge is 0.310 e. The van der Waals surface area contributed by atoms with E-state index < -0.39 is 0 Å². The highest BCUT2D eigenvalue weighted by molar-refractivity contribution is 6.19. The van der Waals surface area contributed by atoms with Crippen LogP contribution in [0.15, 0.2) is 340 Å². The minimum atomic E-state index is -0.250. The van der Waals surface area contributed by atoms with Gasteiger partial charge in [-0.15, -0.1) is 0 Å². The van der Waals surface area contributed by atoms with E-state index in [1.807, 2.05) is 0 Å². The smallest absolute Gasteiger partial charge is 0.0468 e. The van der Waals surface area contributed by atoms with Gasteiger partial charge in [-0.25, -0.2) is 0 Å². The molecule has 0 aromatic heterocycles. The molecule has 0 amide bonds. The molecule has 18 aromatic carbocycles. The van der Waals surface area contributed by atoms with E-state index in [9.17, 15) is 0 Å². The Morgan fingerprint density at radius 1 is 0.155 bits per heavy atom. The molecule has 4 aliphatic carbocycles. The van der Waals surface area contributed by atoms with Gasteiger partial charge in [0.05, 0.1) is 0 Å². The minimum Gasteiger partial charge on any atom is -0.310 e. The summed E-state index contributed by atoms with van der Waals surface area (Å²) in [6.07, 6.45) is 0. The molecular formula is C108H80N2. The second-order valence-corrected chi connectivity index (χ2v) is 33.6. The zero-order chi connectivity index (χ0) is 73.8. The summed E-state index contributed by atoms with van der Waals surface area (Å²) in [7, 11) is 0. The van der Waals surface area contributed by atoms with E-state index in [-0.39, 0.29) is 21.7 Å². The lowest BCUT2D eigenvalue weighted by molar-refractivity contribution is 0.660. The van der Waals surface area contributed by atoms with Crippen LogP contribution in [0.3, 0.4) is 0 Å². The topological polar surface area (TPSA) is 6.48 Å². The standard InChI is InChI=1S/C108H80N2/c1-105(2)99-24-16-13-21-90(99)96-61-77(45-56-101(96)105)109(78-42-52-91-88-19-11-14-22-97(88)106(3,4)102(91)62-78)75-38-27-65(28-39-75)70-34-47-83-74(58-70)36-51-87-86(83)49-32-68-25-26-71(59-94(68)87)72-37-55-100-95(60-72)93-54-44-80(64-104(93)108(100,7)8)110(79-43-53-92-89-20-12-15-23-98(89)107(5,6)103(92)63-79)76-40-29-66(30-41-76)69-33-46-82-73(57-69)35-50-84-81-18-10-9-17-67(81)31-48-85(82)84/h9-64H,1-8H3. The number of nitrogens with zero attached hydrogens (tertiary/aromatic N) is 2. The zero-order valence-corrected chi connectivity index (χ0v) is 63.2. The van der Waals surface area contributed by atoms with E-state index in [1.54, 1.807) is 0 Å². The highest BCUT2D eigenvalue weighted by Gasteiger charge is 2.41. The second-order valence-electron chi connectivity index (χ2n) is 33.6. The predicted molar refractivity (Wildman–Crippen MR) is 467 cm³/mol. The predicted octanol–water partition coefficient (Wildman–Crippen LogP) is 29.8. The number of fused-ring (bicyclic) bond motifs is 22. The average molecular weight is 1410 g/mol.